The van der Waals surface area contributed by atoms with Crippen LogP contribution < -0.4 is 9.64 Å². The molecule has 0 spiro atoms. The molecule has 0 saturated heterocycles. The van der Waals surface area contributed by atoms with Gasteiger partial charge in [0.1, 0.15) is 11.5 Å². The Morgan fingerprint density at radius 1 is 0.857 bits per heavy atom. The van der Waals surface area contributed by atoms with Gasteiger partial charge >= 0.3 is 5.91 Å². The molecule has 0 radical (unpaired) electrons. The van der Waals surface area contributed by atoms with Crippen molar-refractivity contribution in [2.24, 2.45) is 5.18 Å². The molecular weight excluding hydrogens is 356 g/mol. The number of ether oxygens (including phenoxy) is 1. The first-order valence-corrected chi connectivity index (χ1v) is 8.63. The van der Waals surface area contributed by atoms with Crippen molar-refractivity contribution in [1.29, 1.82) is 0 Å². The van der Waals surface area contributed by atoms with E-state index in [9.17, 15) is 14.5 Å². The molecule has 3 rings (SSSR count). The van der Waals surface area contributed by atoms with Gasteiger partial charge in [-0.05, 0) is 42.0 Å². The number of rotatable bonds is 6. The fourth-order valence-corrected chi connectivity index (χ4v) is 2.72. The molecule has 3 aromatic rings. The van der Waals surface area contributed by atoms with Crippen molar-refractivity contribution in [3.63, 3.8) is 0 Å². The Hall–Kier alpha value is -3.80. The molecule has 0 aromatic heterocycles. The van der Waals surface area contributed by atoms with Crippen LogP contribution in [-0.2, 0) is 11.2 Å². The van der Waals surface area contributed by atoms with Gasteiger partial charge in [0, 0.05) is 12.2 Å². The molecule has 0 N–H and O–H groups in total. The molecule has 3 aromatic carbocycles. The van der Waals surface area contributed by atoms with Crippen molar-refractivity contribution >= 4 is 17.5 Å². The van der Waals surface area contributed by atoms with Gasteiger partial charge in [-0.2, -0.15) is 0 Å². The van der Waals surface area contributed by atoms with Gasteiger partial charge in [-0.3, -0.25) is 9.59 Å². The van der Waals surface area contributed by atoms with E-state index in [1.807, 2.05) is 42.5 Å². The molecule has 2 amide bonds. The Balaban J connectivity index is 1.69. The number of hydrogen-bond donors (Lipinski definition) is 0. The van der Waals surface area contributed by atoms with Crippen molar-refractivity contribution in [2.45, 2.75) is 6.42 Å². The van der Waals surface area contributed by atoms with Crippen LogP contribution in [0.25, 0.3) is 0 Å². The van der Waals surface area contributed by atoms with Crippen molar-refractivity contribution in [2.75, 3.05) is 11.9 Å². The average molecular weight is 374 g/mol. The van der Waals surface area contributed by atoms with E-state index in [0.717, 1.165) is 11.3 Å². The number of benzene rings is 3. The van der Waals surface area contributed by atoms with Crippen LogP contribution in [-0.4, -0.2) is 18.9 Å². The van der Waals surface area contributed by atoms with Gasteiger partial charge in [-0.25, -0.2) is 0 Å². The standard InChI is InChI=1S/C22H18N2O4/c1-24(20-10-6-5-9-19(20)22(26)23-27)21(25)15-16-11-13-18(14-12-16)28-17-7-3-2-4-8-17/h2-14H,15H2,1H3. The van der Waals surface area contributed by atoms with Gasteiger partial charge in [0.2, 0.25) is 5.91 Å². The van der Waals surface area contributed by atoms with Crippen LogP contribution in [0.1, 0.15) is 15.9 Å². The number of para-hydroxylation sites is 2. The molecule has 0 aliphatic rings. The SMILES string of the molecule is CN(C(=O)Cc1ccc(Oc2ccccc2)cc1)c1ccccc1C(=O)N=O. The number of nitroso groups, excluding NO2 is 1. The van der Waals surface area contributed by atoms with E-state index >= 15 is 0 Å². The summed E-state index contributed by atoms with van der Waals surface area (Å²) in [5, 5.41) is 2.45. The number of carbonyl (C=O) groups excluding carboxylic acids is 2. The number of hydrogen-bond acceptors (Lipinski definition) is 4. The lowest BCUT2D eigenvalue weighted by atomic mass is 10.1. The summed E-state index contributed by atoms with van der Waals surface area (Å²) in [6.07, 6.45) is 0.138. The predicted octanol–water partition coefficient (Wildman–Crippen LogP) is 4.59. The largest absolute Gasteiger partial charge is 0.457 e. The number of carbonyl (C=O) groups is 2. The van der Waals surface area contributed by atoms with E-state index < -0.39 is 5.91 Å². The zero-order valence-electron chi connectivity index (χ0n) is 15.2. The van der Waals surface area contributed by atoms with Crippen LogP contribution in [0.5, 0.6) is 11.5 Å². The molecule has 0 aliphatic heterocycles. The second kappa shape index (κ2) is 8.73. The summed E-state index contributed by atoms with van der Waals surface area (Å²) < 4.78 is 5.74. The first-order valence-electron chi connectivity index (χ1n) is 8.63. The second-order valence-corrected chi connectivity index (χ2v) is 6.10. The first-order chi connectivity index (χ1) is 13.6. The number of nitrogens with zero attached hydrogens (tertiary/aromatic N) is 2. The van der Waals surface area contributed by atoms with Crippen LogP contribution in [0.15, 0.2) is 84.0 Å². The fourth-order valence-electron chi connectivity index (χ4n) is 2.72. The molecule has 0 aliphatic carbocycles. The zero-order valence-corrected chi connectivity index (χ0v) is 15.2. The smallest absolute Gasteiger partial charge is 0.318 e. The minimum Gasteiger partial charge on any atom is -0.457 e. The highest BCUT2D eigenvalue weighted by Crippen LogP contribution is 2.23. The predicted molar refractivity (Wildman–Crippen MR) is 107 cm³/mol. The topological polar surface area (TPSA) is 76.0 Å². The lowest BCUT2D eigenvalue weighted by Gasteiger charge is -2.19. The molecule has 0 bridgehead atoms. The Bertz CT molecular complexity index is 985. The third-order valence-electron chi connectivity index (χ3n) is 4.21. The minimum atomic E-state index is -0.905. The molecule has 0 unspecified atom stereocenters. The zero-order chi connectivity index (χ0) is 19.9. The number of amides is 2. The van der Waals surface area contributed by atoms with Crippen LogP contribution in [0.2, 0.25) is 0 Å². The van der Waals surface area contributed by atoms with Crippen molar-refractivity contribution in [3.8, 4) is 11.5 Å². The van der Waals surface area contributed by atoms with Crippen LogP contribution >= 0.6 is 0 Å². The summed E-state index contributed by atoms with van der Waals surface area (Å²) in [6, 6.07) is 23.0. The van der Waals surface area contributed by atoms with E-state index in [2.05, 4.69) is 5.18 Å². The number of anilines is 1. The first kappa shape index (κ1) is 19.0. The third kappa shape index (κ3) is 4.48. The van der Waals surface area contributed by atoms with Gasteiger partial charge in [0.05, 0.1) is 17.7 Å². The van der Waals surface area contributed by atoms with Gasteiger partial charge < -0.3 is 9.64 Å². The fraction of sp³-hybridized carbons (Fsp3) is 0.0909. The van der Waals surface area contributed by atoms with Crippen LogP contribution in [0.4, 0.5) is 5.69 Å². The van der Waals surface area contributed by atoms with Gasteiger partial charge in [-0.1, -0.05) is 42.5 Å². The third-order valence-corrected chi connectivity index (χ3v) is 4.21. The van der Waals surface area contributed by atoms with Crippen molar-refractivity contribution in [3.05, 3.63) is 94.9 Å². The Morgan fingerprint density at radius 2 is 1.46 bits per heavy atom. The molecule has 140 valence electrons. The van der Waals surface area contributed by atoms with Crippen LogP contribution in [0.3, 0.4) is 0 Å². The minimum absolute atomic E-state index is 0.0972. The summed E-state index contributed by atoms with van der Waals surface area (Å²) >= 11 is 0. The Kier molecular flexibility index (Phi) is 5.91. The normalized spacial score (nSPS) is 10.2. The lowest BCUT2D eigenvalue weighted by Crippen LogP contribution is -2.29. The molecule has 28 heavy (non-hydrogen) atoms. The summed E-state index contributed by atoms with van der Waals surface area (Å²) in [6.45, 7) is 0. The summed E-state index contributed by atoms with van der Waals surface area (Å²) in [5.74, 6) is 0.278. The molecular formula is C22H18N2O4. The quantitative estimate of drug-likeness (QED) is 0.591. The molecule has 6 nitrogen and oxygen atoms in total. The van der Waals surface area contributed by atoms with E-state index in [1.54, 1.807) is 37.4 Å². The summed E-state index contributed by atoms with van der Waals surface area (Å²) in [7, 11) is 1.56. The van der Waals surface area contributed by atoms with E-state index in [1.165, 1.54) is 11.0 Å². The van der Waals surface area contributed by atoms with Gasteiger partial charge in [-0.15, -0.1) is 4.91 Å². The summed E-state index contributed by atoms with van der Waals surface area (Å²) in [5.41, 5.74) is 1.25. The number of likely N-dealkylation sites (N-methyl/N-ethyl adjacent to an activating group) is 1. The highest BCUT2D eigenvalue weighted by atomic mass is 16.5. The van der Waals surface area contributed by atoms with E-state index in [-0.39, 0.29) is 17.9 Å². The molecule has 0 heterocycles. The van der Waals surface area contributed by atoms with Gasteiger partial charge in [0.25, 0.3) is 0 Å². The summed E-state index contributed by atoms with van der Waals surface area (Å²) in [4.78, 5) is 36.2. The highest BCUT2D eigenvalue weighted by Gasteiger charge is 2.19. The maximum absolute atomic E-state index is 12.6. The van der Waals surface area contributed by atoms with Gasteiger partial charge in [0.15, 0.2) is 0 Å². The highest BCUT2D eigenvalue weighted by molar-refractivity contribution is 6.05. The van der Waals surface area contributed by atoms with Crippen molar-refractivity contribution < 1.29 is 14.3 Å². The second-order valence-electron chi connectivity index (χ2n) is 6.10. The Labute approximate surface area is 162 Å². The van der Waals surface area contributed by atoms with Crippen LogP contribution in [0, 0.1) is 4.91 Å². The molecule has 6 heteroatoms. The molecule has 0 fully saturated rings. The average Bonchev–Trinajstić information content (AvgIpc) is 2.74. The maximum Gasteiger partial charge on any atom is 0.318 e. The van der Waals surface area contributed by atoms with E-state index in [0.29, 0.717) is 11.4 Å². The monoisotopic (exact) mass is 374 g/mol. The Morgan fingerprint density at radius 3 is 2.14 bits per heavy atom. The lowest BCUT2D eigenvalue weighted by molar-refractivity contribution is -0.117. The van der Waals surface area contributed by atoms with E-state index in [4.69, 9.17) is 4.74 Å². The molecule has 0 saturated carbocycles. The maximum atomic E-state index is 12.6. The molecule has 0 atom stereocenters. The van der Waals surface area contributed by atoms with Crippen molar-refractivity contribution in [1.82, 2.24) is 0 Å².